The molecule has 166 valence electrons. The summed E-state index contributed by atoms with van der Waals surface area (Å²) in [5.74, 6) is 0.719. The van der Waals surface area contributed by atoms with Crippen molar-refractivity contribution in [2.45, 2.75) is 12.8 Å². The summed E-state index contributed by atoms with van der Waals surface area (Å²) in [6.07, 6.45) is 0. The standard InChI is InChI=1S/C23H17N3O7/c1-13-2-9-19(31-13)22-17-8-7-16(10-20(17)33-23(25)18(22)11-24)32-21(27)12-30-15-5-3-14(4-6-15)26(28)29/h2-10,22H,12,25H2,1H3. The zero-order valence-electron chi connectivity index (χ0n) is 17.3. The molecule has 10 nitrogen and oxygen atoms in total. The lowest BCUT2D eigenvalue weighted by Gasteiger charge is -2.25. The number of nitro benzene ring substituents is 1. The fraction of sp³-hybridized carbons (Fsp3) is 0.130. The largest absolute Gasteiger partial charge is 0.482 e. The first-order valence-electron chi connectivity index (χ1n) is 9.71. The maximum Gasteiger partial charge on any atom is 0.349 e. The highest BCUT2D eigenvalue weighted by molar-refractivity contribution is 5.74. The van der Waals surface area contributed by atoms with Crippen LogP contribution in [-0.4, -0.2) is 17.5 Å². The van der Waals surface area contributed by atoms with Crippen molar-refractivity contribution in [2.24, 2.45) is 5.73 Å². The molecule has 0 amide bonds. The second kappa shape index (κ2) is 8.76. The Morgan fingerprint density at radius 1 is 1.18 bits per heavy atom. The zero-order chi connectivity index (χ0) is 23.5. The van der Waals surface area contributed by atoms with Crippen molar-refractivity contribution in [3.8, 4) is 23.3 Å². The van der Waals surface area contributed by atoms with E-state index >= 15 is 0 Å². The van der Waals surface area contributed by atoms with Gasteiger partial charge >= 0.3 is 5.97 Å². The van der Waals surface area contributed by atoms with E-state index in [0.717, 1.165) is 0 Å². The fourth-order valence-electron chi connectivity index (χ4n) is 3.37. The number of nitro groups is 1. The molecule has 1 aliphatic heterocycles. The molecule has 1 atom stereocenters. The molecule has 0 aliphatic carbocycles. The van der Waals surface area contributed by atoms with Gasteiger partial charge in [0.15, 0.2) is 6.61 Å². The van der Waals surface area contributed by atoms with E-state index in [4.69, 9.17) is 24.4 Å². The van der Waals surface area contributed by atoms with Gasteiger partial charge in [-0.05, 0) is 37.3 Å². The molecule has 2 heterocycles. The minimum Gasteiger partial charge on any atom is -0.482 e. The van der Waals surface area contributed by atoms with Crippen molar-refractivity contribution in [3.05, 3.63) is 93.3 Å². The molecule has 4 rings (SSSR count). The lowest BCUT2D eigenvalue weighted by molar-refractivity contribution is -0.384. The maximum absolute atomic E-state index is 12.2. The van der Waals surface area contributed by atoms with Crippen LogP contribution in [0.3, 0.4) is 0 Å². The number of allylic oxidation sites excluding steroid dienone is 1. The number of carbonyl (C=O) groups is 1. The minimum absolute atomic E-state index is 0.0611. The number of non-ortho nitro benzene ring substituents is 1. The Balaban J connectivity index is 1.48. The molecular formula is C23H17N3O7. The number of ether oxygens (including phenoxy) is 3. The van der Waals surface area contributed by atoms with Crippen LogP contribution in [0.1, 0.15) is 23.0 Å². The minimum atomic E-state index is -0.691. The van der Waals surface area contributed by atoms with Gasteiger partial charge in [0.05, 0.1) is 10.8 Å². The Morgan fingerprint density at radius 2 is 1.91 bits per heavy atom. The number of carbonyl (C=O) groups excluding carboxylic acids is 1. The van der Waals surface area contributed by atoms with E-state index in [2.05, 4.69) is 6.07 Å². The topological polar surface area (TPSA) is 151 Å². The van der Waals surface area contributed by atoms with Crippen molar-refractivity contribution in [1.29, 1.82) is 5.26 Å². The van der Waals surface area contributed by atoms with Crippen LogP contribution in [0.15, 0.2) is 70.5 Å². The van der Waals surface area contributed by atoms with Crippen molar-refractivity contribution in [1.82, 2.24) is 0 Å². The van der Waals surface area contributed by atoms with E-state index in [1.807, 2.05) is 0 Å². The number of hydrogen-bond acceptors (Lipinski definition) is 9. The number of furan rings is 1. The molecule has 2 N–H and O–H groups in total. The number of esters is 1. The molecule has 1 aliphatic rings. The average molecular weight is 447 g/mol. The molecule has 0 fully saturated rings. The number of benzene rings is 2. The van der Waals surface area contributed by atoms with Gasteiger partial charge in [-0.3, -0.25) is 10.1 Å². The lowest BCUT2D eigenvalue weighted by Crippen LogP contribution is -2.21. The third-order valence-electron chi connectivity index (χ3n) is 4.87. The SMILES string of the molecule is Cc1ccc(C2C(C#N)=C(N)Oc3cc(OC(=O)COc4ccc([N+](=O)[O-])cc4)ccc32)o1. The number of nitrogens with zero attached hydrogens (tertiary/aromatic N) is 2. The quantitative estimate of drug-likeness (QED) is 0.258. The summed E-state index contributed by atoms with van der Waals surface area (Å²) in [6.45, 7) is 1.38. The number of rotatable bonds is 6. The van der Waals surface area contributed by atoms with Crippen molar-refractivity contribution in [2.75, 3.05) is 6.61 Å². The average Bonchev–Trinajstić information content (AvgIpc) is 3.22. The maximum atomic E-state index is 12.2. The van der Waals surface area contributed by atoms with Crippen molar-refractivity contribution >= 4 is 11.7 Å². The van der Waals surface area contributed by atoms with Gasteiger partial charge in [0, 0.05) is 23.8 Å². The van der Waals surface area contributed by atoms with Gasteiger partial charge in [0.25, 0.3) is 5.69 Å². The lowest BCUT2D eigenvalue weighted by atomic mass is 9.87. The summed E-state index contributed by atoms with van der Waals surface area (Å²) in [5, 5.41) is 20.3. The van der Waals surface area contributed by atoms with Gasteiger partial charge < -0.3 is 24.4 Å². The summed E-state index contributed by atoms with van der Waals surface area (Å²) in [7, 11) is 0. The summed E-state index contributed by atoms with van der Waals surface area (Å²) in [5.41, 5.74) is 6.72. The Morgan fingerprint density at radius 3 is 2.55 bits per heavy atom. The molecule has 1 aromatic heterocycles. The van der Waals surface area contributed by atoms with Crippen LogP contribution in [0.4, 0.5) is 5.69 Å². The molecule has 3 aromatic rings. The number of nitrogens with two attached hydrogens (primary N) is 1. The Kier molecular flexibility index (Phi) is 5.69. The highest BCUT2D eigenvalue weighted by Crippen LogP contribution is 2.43. The molecule has 1 unspecified atom stereocenters. The number of nitriles is 1. The van der Waals surface area contributed by atoms with E-state index in [-0.39, 0.29) is 28.6 Å². The highest BCUT2D eigenvalue weighted by Gasteiger charge is 2.33. The molecular weight excluding hydrogens is 430 g/mol. The summed E-state index contributed by atoms with van der Waals surface area (Å²) in [4.78, 5) is 22.3. The van der Waals surface area contributed by atoms with Crippen LogP contribution < -0.4 is 19.9 Å². The Labute approximate surface area is 187 Å². The van der Waals surface area contributed by atoms with E-state index < -0.39 is 23.4 Å². The van der Waals surface area contributed by atoms with Crippen LogP contribution >= 0.6 is 0 Å². The Hall–Kier alpha value is -4.78. The summed E-state index contributed by atoms with van der Waals surface area (Å²) >= 11 is 0. The predicted octanol–water partition coefficient (Wildman–Crippen LogP) is 3.70. The normalized spacial score (nSPS) is 14.6. The molecule has 0 saturated heterocycles. The second-order valence-corrected chi connectivity index (χ2v) is 7.09. The Bertz CT molecular complexity index is 1300. The zero-order valence-corrected chi connectivity index (χ0v) is 17.3. The van der Waals surface area contributed by atoms with Crippen molar-refractivity contribution in [3.63, 3.8) is 0 Å². The van der Waals surface area contributed by atoms with Gasteiger partial charge in [-0.25, -0.2) is 4.79 Å². The van der Waals surface area contributed by atoms with E-state index in [1.165, 1.54) is 30.3 Å². The van der Waals surface area contributed by atoms with Gasteiger partial charge in [-0.1, -0.05) is 6.07 Å². The molecule has 10 heteroatoms. The van der Waals surface area contributed by atoms with Crippen LogP contribution in [0.2, 0.25) is 0 Å². The van der Waals surface area contributed by atoms with Crippen LogP contribution in [0.25, 0.3) is 0 Å². The first kappa shape index (κ1) is 21.5. The second-order valence-electron chi connectivity index (χ2n) is 7.09. The van der Waals surface area contributed by atoms with Crippen LogP contribution in [-0.2, 0) is 4.79 Å². The first-order valence-corrected chi connectivity index (χ1v) is 9.71. The van der Waals surface area contributed by atoms with E-state index in [9.17, 15) is 20.2 Å². The molecule has 33 heavy (non-hydrogen) atoms. The number of aryl methyl sites for hydroxylation is 1. The summed E-state index contributed by atoms with van der Waals surface area (Å²) in [6, 6.07) is 15.7. The van der Waals surface area contributed by atoms with Crippen LogP contribution in [0.5, 0.6) is 17.2 Å². The smallest absolute Gasteiger partial charge is 0.349 e. The van der Waals surface area contributed by atoms with E-state index in [1.54, 1.807) is 31.2 Å². The molecule has 0 radical (unpaired) electrons. The van der Waals surface area contributed by atoms with Crippen LogP contribution in [0, 0.1) is 28.4 Å². The highest BCUT2D eigenvalue weighted by atomic mass is 16.6. The molecule has 2 aromatic carbocycles. The molecule has 0 spiro atoms. The molecule has 0 saturated carbocycles. The predicted molar refractivity (Wildman–Crippen MR) is 113 cm³/mol. The fourth-order valence-corrected chi connectivity index (χ4v) is 3.37. The first-order chi connectivity index (χ1) is 15.9. The van der Waals surface area contributed by atoms with Gasteiger partial charge in [0.1, 0.15) is 40.4 Å². The van der Waals surface area contributed by atoms with Gasteiger partial charge in [-0.15, -0.1) is 0 Å². The number of fused-ring (bicyclic) bond motifs is 1. The monoisotopic (exact) mass is 447 g/mol. The summed E-state index contributed by atoms with van der Waals surface area (Å²) < 4.78 is 21.9. The number of hydrogen-bond donors (Lipinski definition) is 1. The van der Waals surface area contributed by atoms with Gasteiger partial charge in [-0.2, -0.15) is 5.26 Å². The van der Waals surface area contributed by atoms with Gasteiger partial charge in [0.2, 0.25) is 5.88 Å². The third-order valence-corrected chi connectivity index (χ3v) is 4.87. The third kappa shape index (κ3) is 4.47. The van der Waals surface area contributed by atoms with E-state index in [0.29, 0.717) is 22.8 Å². The molecule has 0 bridgehead atoms. The van der Waals surface area contributed by atoms with Crippen molar-refractivity contribution < 1.29 is 28.3 Å².